The summed E-state index contributed by atoms with van der Waals surface area (Å²) in [7, 11) is -17.4. The topological polar surface area (TPSA) is 250 Å². The van der Waals surface area contributed by atoms with E-state index in [1.54, 1.807) is 11.8 Å². The predicted octanol–water partition coefficient (Wildman–Crippen LogP) is -0.364. The summed E-state index contributed by atoms with van der Waals surface area (Å²) in [5, 5.41) is 10.4. The zero-order chi connectivity index (χ0) is 27.0. The van der Waals surface area contributed by atoms with Crippen molar-refractivity contribution in [3.8, 4) is 11.8 Å². The van der Waals surface area contributed by atoms with Crippen LogP contribution in [-0.2, 0) is 31.6 Å². The Balaban J connectivity index is 2.38. The summed E-state index contributed by atoms with van der Waals surface area (Å²) >= 11 is 0. The number of anilines is 1. The lowest BCUT2D eigenvalue weighted by molar-refractivity contribution is -0.0783. The van der Waals surface area contributed by atoms with Gasteiger partial charge < -0.3 is 35.2 Å². The van der Waals surface area contributed by atoms with E-state index < -0.39 is 77.7 Å². The maximum absolute atomic E-state index is 15.7. The molecule has 1 aromatic heterocycles. The lowest BCUT2D eigenvalue weighted by Gasteiger charge is -2.25. The van der Waals surface area contributed by atoms with E-state index >= 15 is 4.39 Å². The molecule has 0 aromatic carbocycles. The first kappa shape index (κ1) is 29.6. The van der Waals surface area contributed by atoms with Crippen molar-refractivity contribution >= 4 is 29.3 Å². The molecule has 0 spiro atoms. The first-order valence-corrected chi connectivity index (χ1v) is 13.3. The number of aromatic nitrogens is 2. The zero-order valence-corrected chi connectivity index (χ0v) is 19.7. The molecule has 1 saturated heterocycles. The molecule has 0 bridgehead atoms. The number of rotatable bonds is 8. The van der Waals surface area contributed by atoms with Gasteiger partial charge in [-0.25, -0.2) is 31.7 Å². The molecule has 1 aromatic rings. The van der Waals surface area contributed by atoms with Gasteiger partial charge in [-0.05, 0) is 6.92 Å². The van der Waals surface area contributed by atoms with Crippen LogP contribution in [0.3, 0.4) is 0 Å². The van der Waals surface area contributed by atoms with Crippen LogP contribution in [0.4, 0.5) is 19.0 Å². The molecule has 0 amide bonds. The van der Waals surface area contributed by atoms with Gasteiger partial charge >= 0.3 is 29.2 Å². The van der Waals surface area contributed by atoms with Crippen molar-refractivity contribution in [3.63, 3.8) is 0 Å². The van der Waals surface area contributed by atoms with Crippen molar-refractivity contribution in [2.75, 3.05) is 12.4 Å². The van der Waals surface area contributed by atoms with Crippen LogP contribution >= 0.6 is 23.5 Å². The number of aliphatic hydroxyl groups is 1. The van der Waals surface area contributed by atoms with E-state index in [2.05, 4.69) is 18.1 Å². The number of alkyl halides is 2. The van der Waals surface area contributed by atoms with E-state index in [9.17, 15) is 42.2 Å². The third-order valence-electron chi connectivity index (χ3n) is 4.10. The third kappa shape index (κ3) is 7.20. The highest BCUT2D eigenvalue weighted by molar-refractivity contribution is 7.66. The van der Waals surface area contributed by atoms with Gasteiger partial charge in [0.25, 0.3) is 0 Å². The molecule has 1 aliphatic heterocycles. The number of nitrogen functional groups attached to an aromatic ring is 1. The smallest absolute Gasteiger partial charge is 0.386 e. The predicted molar refractivity (Wildman–Crippen MR) is 105 cm³/mol. The molecule has 2 rings (SSSR count). The number of nitrogens with two attached hydrogens (primary N) is 1. The molecule has 1 fully saturated rings. The summed E-state index contributed by atoms with van der Waals surface area (Å²) in [5.41, 5.74) is 0.368. The van der Waals surface area contributed by atoms with Crippen molar-refractivity contribution in [3.05, 3.63) is 22.5 Å². The second-order valence-corrected chi connectivity index (χ2v) is 11.0. The summed E-state index contributed by atoms with van der Waals surface area (Å²) in [4.78, 5) is 51.1. The van der Waals surface area contributed by atoms with Crippen LogP contribution in [0.25, 0.3) is 0 Å². The Morgan fingerprint density at radius 1 is 1.29 bits per heavy atom. The summed E-state index contributed by atoms with van der Waals surface area (Å²) in [6.45, 7) is -0.613. The first-order chi connectivity index (χ1) is 15.8. The van der Waals surface area contributed by atoms with Crippen LogP contribution < -0.4 is 11.4 Å². The van der Waals surface area contributed by atoms with E-state index in [4.69, 9.17) is 20.3 Å². The molecule has 2 heterocycles. The van der Waals surface area contributed by atoms with E-state index in [0.717, 1.165) is 6.92 Å². The maximum Gasteiger partial charge on any atom is 0.490 e. The van der Waals surface area contributed by atoms with Gasteiger partial charge in [-0.1, -0.05) is 11.8 Å². The quantitative estimate of drug-likeness (QED) is 0.172. The van der Waals surface area contributed by atoms with Gasteiger partial charge in [-0.2, -0.15) is 13.6 Å². The molecule has 7 atom stereocenters. The summed E-state index contributed by atoms with van der Waals surface area (Å²) < 4.78 is 93.1. The highest BCUT2D eigenvalue weighted by Crippen LogP contribution is 2.66. The second kappa shape index (κ2) is 10.4. The molecule has 7 N–H and O–H groups in total. The second-order valence-electron chi connectivity index (χ2n) is 6.67. The minimum Gasteiger partial charge on any atom is -0.386 e. The molecule has 1 aliphatic rings. The molecule has 0 aliphatic carbocycles. The molecule has 0 saturated carbocycles. The van der Waals surface area contributed by atoms with Crippen LogP contribution in [0.2, 0.25) is 0 Å². The average molecular weight is 573 g/mol. The number of aliphatic hydroxyl groups excluding tert-OH is 1. The fourth-order valence-electron chi connectivity index (χ4n) is 2.84. The number of phosphoric ester groups is 1. The van der Waals surface area contributed by atoms with Crippen LogP contribution in [0.1, 0.15) is 13.2 Å². The van der Waals surface area contributed by atoms with Crippen LogP contribution in [-0.4, -0.2) is 64.9 Å². The Hall–Kier alpha value is -1.64. The van der Waals surface area contributed by atoms with Crippen molar-refractivity contribution < 1.29 is 69.4 Å². The Bertz CT molecular complexity index is 1230. The van der Waals surface area contributed by atoms with Gasteiger partial charge in [0.05, 0.1) is 12.3 Å². The SMILES string of the molecule is C[C@H](OP(=O)(O)OP(=O)(O)OP(=O)(O)O)[C@H]1O[C@@H](n2cc(F)c(N)nc2=O)C(F)(C#CCF)[C@H]1O. The van der Waals surface area contributed by atoms with E-state index in [1.807, 2.05) is 0 Å². The maximum atomic E-state index is 15.7. The number of nitrogens with zero attached hydrogens (tertiary/aromatic N) is 2. The molecule has 35 heavy (non-hydrogen) atoms. The average Bonchev–Trinajstić information content (AvgIpc) is 2.91. The number of hydrogen-bond acceptors (Lipinski definition) is 11. The minimum atomic E-state index is -5.91. The normalized spacial score (nSPS) is 29.0. The van der Waals surface area contributed by atoms with Gasteiger partial charge in [0.1, 0.15) is 18.9 Å². The standard InChI is InChI=1S/C13H17F3N3O13P3/c1-6(30-34(25,26)32-35(27,28)31-33(22,23)24)8-9(20)13(16,3-2-4-14)11(29-8)19-5-7(15)10(17)18-12(19)21/h5-6,8-9,11,20H,4H2,1H3,(H,25,26)(H,27,28)(H2,17,18,21)(H2,22,23,24)/t6-,8+,9-,11+,13?/m0/s1. The monoisotopic (exact) mass is 573 g/mol. The highest BCUT2D eigenvalue weighted by atomic mass is 31.3. The van der Waals surface area contributed by atoms with Gasteiger partial charge in [-0.15, -0.1) is 0 Å². The number of halogens is 3. The van der Waals surface area contributed by atoms with Crippen molar-refractivity contribution in [1.29, 1.82) is 0 Å². The Morgan fingerprint density at radius 3 is 2.43 bits per heavy atom. The Kier molecular flexibility index (Phi) is 8.78. The summed E-state index contributed by atoms with van der Waals surface area (Å²) in [6, 6.07) is 0. The Labute approximate surface area is 192 Å². The van der Waals surface area contributed by atoms with Gasteiger partial charge in [0.15, 0.2) is 17.9 Å². The molecular formula is C13H17F3N3O13P3. The van der Waals surface area contributed by atoms with Crippen molar-refractivity contribution in [1.82, 2.24) is 9.55 Å². The van der Waals surface area contributed by atoms with E-state index in [-0.39, 0.29) is 4.57 Å². The summed E-state index contributed by atoms with van der Waals surface area (Å²) in [6.07, 6.45) is -8.56. The minimum absolute atomic E-state index is 0.166. The molecule has 22 heteroatoms. The van der Waals surface area contributed by atoms with Crippen molar-refractivity contribution in [2.45, 2.75) is 37.1 Å². The van der Waals surface area contributed by atoms with Crippen LogP contribution in [0.5, 0.6) is 0 Å². The molecule has 3 unspecified atom stereocenters. The summed E-state index contributed by atoms with van der Waals surface area (Å²) in [5.74, 6) is 1.11. The lowest BCUT2D eigenvalue weighted by atomic mass is 9.94. The Morgan fingerprint density at radius 2 is 1.89 bits per heavy atom. The third-order valence-corrected chi connectivity index (χ3v) is 8.02. The van der Waals surface area contributed by atoms with Gasteiger partial charge in [0, 0.05) is 0 Å². The van der Waals surface area contributed by atoms with Crippen LogP contribution in [0, 0.1) is 17.7 Å². The first-order valence-electron chi connectivity index (χ1n) is 8.76. The van der Waals surface area contributed by atoms with E-state index in [0.29, 0.717) is 6.20 Å². The van der Waals surface area contributed by atoms with Crippen LogP contribution in [0.15, 0.2) is 11.0 Å². The molecule has 198 valence electrons. The van der Waals surface area contributed by atoms with Crippen molar-refractivity contribution in [2.24, 2.45) is 0 Å². The zero-order valence-electron chi connectivity index (χ0n) is 17.0. The number of hydrogen-bond donors (Lipinski definition) is 6. The van der Waals surface area contributed by atoms with Gasteiger partial charge in [0.2, 0.25) is 5.67 Å². The molecule has 16 nitrogen and oxygen atoms in total. The number of phosphoric acid groups is 3. The number of ether oxygens (including phenoxy) is 1. The fourth-order valence-corrected chi connectivity index (χ4v) is 6.04. The van der Waals surface area contributed by atoms with Gasteiger partial charge in [-0.3, -0.25) is 9.09 Å². The fraction of sp³-hybridized carbons (Fsp3) is 0.538. The molecule has 0 radical (unpaired) electrons. The largest absolute Gasteiger partial charge is 0.490 e. The lowest BCUT2D eigenvalue weighted by Crippen LogP contribution is -2.46. The molecular weight excluding hydrogens is 556 g/mol. The highest BCUT2D eigenvalue weighted by Gasteiger charge is 2.60. The van der Waals surface area contributed by atoms with E-state index in [1.165, 1.54) is 0 Å².